The first-order valence-corrected chi connectivity index (χ1v) is 6.57. The fraction of sp³-hybridized carbons (Fsp3) is 0.467. The van der Waals surface area contributed by atoms with Crippen LogP contribution in [0.1, 0.15) is 30.4 Å². The second-order valence-electron chi connectivity index (χ2n) is 5.38. The molecule has 102 valence electrons. The van der Waals surface area contributed by atoms with Crippen molar-refractivity contribution in [2.24, 2.45) is 5.41 Å². The molecule has 0 aromatic heterocycles. The molecule has 1 saturated carbocycles. The monoisotopic (exact) mass is 261 g/mol. The average Bonchev–Trinajstić information content (AvgIpc) is 2.26. The normalized spacial score (nSPS) is 16.5. The van der Waals surface area contributed by atoms with E-state index in [2.05, 4.69) is 5.32 Å². The van der Waals surface area contributed by atoms with Gasteiger partial charge in [-0.25, -0.2) is 0 Å². The third-order valence-electron chi connectivity index (χ3n) is 3.84. The maximum Gasteiger partial charge on any atom is 0.311 e. The Bertz CT molecular complexity index is 492. The van der Waals surface area contributed by atoms with Crippen LogP contribution in [0.5, 0.6) is 0 Å². The Morgan fingerprint density at radius 3 is 2.63 bits per heavy atom. The summed E-state index contributed by atoms with van der Waals surface area (Å²) in [4.78, 5) is 23.0. The number of carboxylic acids is 1. The number of carboxylic acid groups (broad SMARTS) is 1. The standard InChI is InChI=1S/C15H19NO3/c1-11-4-2-5-12(8-11)9-13(17)16-10-15(14(18)19)6-3-7-15/h2,4-5,8H,3,6-7,9-10H2,1H3,(H,16,17)(H,18,19). The van der Waals surface area contributed by atoms with E-state index in [-0.39, 0.29) is 12.5 Å². The largest absolute Gasteiger partial charge is 0.481 e. The summed E-state index contributed by atoms with van der Waals surface area (Å²) in [5, 5.41) is 11.9. The maximum atomic E-state index is 11.8. The molecule has 1 aromatic carbocycles. The van der Waals surface area contributed by atoms with E-state index in [1.165, 1.54) is 0 Å². The number of rotatable bonds is 5. The van der Waals surface area contributed by atoms with E-state index in [1.807, 2.05) is 31.2 Å². The van der Waals surface area contributed by atoms with Crippen molar-refractivity contribution in [3.63, 3.8) is 0 Å². The van der Waals surface area contributed by atoms with E-state index >= 15 is 0 Å². The molecule has 0 atom stereocenters. The number of amides is 1. The topological polar surface area (TPSA) is 66.4 Å². The summed E-state index contributed by atoms with van der Waals surface area (Å²) in [6.45, 7) is 2.22. The zero-order valence-corrected chi connectivity index (χ0v) is 11.1. The molecule has 0 unspecified atom stereocenters. The van der Waals surface area contributed by atoms with Gasteiger partial charge in [-0.3, -0.25) is 9.59 Å². The van der Waals surface area contributed by atoms with Gasteiger partial charge in [-0.1, -0.05) is 36.2 Å². The maximum absolute atomic E-state index is 11.8. The minimum Gasteiger partial charge on any atom is -0.481 e. The minimum atomic E-state index is -0.797. The fourth-order valence-electron chi connectivity index (χ4n) is 2.41. The SMILES string of the molecule is Cc1cccc(CC(=O)NCC2(C(=O)O)CCC2)c1. The minimum absolute atomic E-state index is 0.113. The molecular formula is C15H19NO3. The lowest BCUT2D eigenvalue weighted by atomic mass is 9.69. The zero-order chi connectivity index (χ0) is 13.9. The number of carbonyl (C=O) groups excluding carboxylic acids is 1. The number of hydrogen-bond acceptors (Lipinski definition) is 2. The van der Waals surface area contributed by atoms with E-state index in [4.69, 9.17) is 0 Å². The van der Waals surface area contributed by atoms with Crippen LogP contribution in [-0.4, -0.2) is 23.5 Å². The third kappa shape index (κ3) is 3.13. The Morgan fingerprint density at radius 1 is 1.37 bits per heavy atom. The van der Waals surface area contributed by atoms with Crippen LogP contribution in [0.15, 0.2) is 24.3 Å². The van der Waals surface area contributed by atoms with E-state index in [9.17, 15) is 14.7 Å². The van der Waals surface area contributed by atoms with Gasteiger partial charge in [0.1, 0.15) is 0 Å². The van der Waals surface area contributed by atoms with Gasteiger partial charge in [0.25, 0.3) is 0 Å². The second kappa shape index (κ2) is 5.43. The van der Waals surface area contributed by atoms with E-state index < -0.39 is 11.4 Å². The number of aryl methyl sites for hydroxylation is 1. The lowest BCUT2D eigenvalue weighted by Crippen LogP contribution is -2.47. The van der Waals surface area contributed by atoms with Crippen LogP contribution in [0.2, 0.25) is 0 Å². The first-order chi connectivity index (χ1) is 9.02. The van der Waals surface area contributed by atoms with Gasteiger partial charge in [-0.2, -0.15) is 0 Å². The van der Waals surface area contributed by atoms with E-state index in [0.717, 1.165) is 17.5 Å². The molecule has 2 rings (SSSR count). The summed E-state index contributed by atoms with van der Waals surface area (Å²) in [6.07, 6.45) is 2.55. The quantitative estimate of drug-likeness (QED) is 0.850. The number of nitrogens with one attached hydrogen (secondary N) is 1. The smallest absolute Gasteiger partial charge is 0.311 e. The van der Waals surface area contributed by atoms with E-state index in [0.29, 0.717) is 19.3 Å². The highest BCUT2D eigenvalue weighted by Gasteiger charge is 2.44. The Morgan fingerprint density at radius 2 is 2.11 bits per heavy atom. The predicted molar refractivity (Wildman–Crippen MR) is 71.8 cm³/mol. The molecule has 4 nitrogen and oxygen atoms in total. The summed E-state index contributed by atoms with van der Waals surface area (Å²) in [7, 11) is 0. The molecule has 19 heavy (non-hydrogen) atoms. The van der Waals surface area contributed by atoms with E-state index in [1.54, 1.807) is 0 Å². The molecule has 1 aromatic rings. The van der Waals surface area contributed by atoms with Gasteiger partial charge in [0.05, 0.1) is 11.8 Å². The highest BCUT2D eigenvalue weighted by atomic mass is 16.4. The summed E-state index contributed by atoms with van der Waals surface area (Å²) >= 11 is 0. The molecular weight excluding hydrogens is 242 g/mol. The first kappa shape index (κ1) is 13.6. The van der Waals surface area contributed by atoms with Gasteiger partial charge in [-0.05, 0) is 25.3 Å². The van der Waals surface area contributed by atoms with Crippen LogP contribution in [0.3, 0.4) is 0 Å². The van der Waals surface area contributed by atoms with Crippen LogP contribution in [0.4, 0.5) is 0 Å². The zero-order valence-electron chi connectivity index (χ0n) is 11.1. The van der Waals surface area contributed by atoms with Crippen molar-refractivity contribution in [3.05, 3.63) is 35.4 Å². The fourth-order valence-corrected chi connectivity index (χ4v) is 2.41. The van der Waals surface area contributed by atoms with Crippen molar-refractivity contribution in [2.45, 2.75) is 32.6 Å². The summed E-state index contributed by atoms with van der Waals surface area (Å²) in [6, 6.07) is 7.77. The van der Waals surface area contributed by atoms with Crippen LogP contribution >= 0.6 is 0 Å². The Kier molecular flexibility index (Phi) is 3.88. The van der Waals surface area contributed by atoms with Gasteiger partial charge < -0.3 is 10.4 Å². The highest BCUT2D eigenvalue weighted by molar-refractivity contribution is 5.81. The molecule has 1 fully saturated rings. The van der Waals surface area contributed by atoms with Crippen LogP contribution < -0.4 is 5.32 Å². The van der Waals surface area contributed by atoms with Crippen molar-refractivity contribution in [1.82, 2.24) is 5.32 Å². The van der Waals surface area contributed by atoms with Crippen LogP contribution in [0, 0.1) is 12.3 Å². The first-order valence-electron chi connectivity index (χ1n) is 6.57. The Balaban J connectivity index is 1.87. The van der Waals surface area contributed by atoms with Crippen molar-refractivity contribution in [2.75, 3.05) is 6.54 Å². The van der Waals surface area contributed by atoms with Crippen molar-refractivity contribution < 1.29 is 14.7 Å². The summed E-state index contributed by atoms with van der Waals surface area (Å²) < 4.78 is 0. The predicted octanol–water partition coefficient (Wildman–Crippen LogP) is 1.91. The number of benzene rings is 1. The van der Waals surface area contributed by atoms with Crippen molar-refractivity contribution in [3.8, 4) is 0 Å². The highest BCUT2D eigenvalue weighted by Crippen LogP contribution is 2.40. The van der Waals surface area contributed by atoms with Crippen molar-refractivity contribution >= 4 is 11.9 Å². The second-order valence-corrected chi connectivity index (χ2v) is 5.38. The molecule has 1 aliphatic carbocycles. The lowest BCUT2D eigenvalue weighted by Gasteiger charge is -2.37. The van der Waals surface area contributed by atoms with Crippen LogP contribution in [-0.2, 0) is 16.0 Å². The number of hydrogen-bond donors (Lipinski definition) is 2. The summed E-state index contributed by atoms with van der Waals surface area (Å²) in [5.41, 5.74) is 1.35. The van der Waals surface area contributed by atoms with Gasteiger partial charge in [0, 0.05) is 6.54 Å². The molecule has 0 saturated heterocycles. The molecule has 1 aliphatic rings. The molecule has 0 aliphatic heterocycles. The van der Waals surface area contributed by atoms with Gasteiger partial charge in [0.15, 0.2) is 0 Å². The molecule has 0 heterocycles. The lowest BCUT2D eigenvalue weighted by molar-refractivity contribution is -0.154. The Hall–Kier alpha value is -1.84. The van der Waals surface area contributed by atoms with Crippen LogP contribution in [0.25, 0.3) is 0 Å². The number of aliphatic carboxylic acids is 1. The molecule has 0 bridgehead atoms. The molecule has 1 amide bonds. The molecule has 4 heteroatoms. The number of carbonyl (C=O) groups is 2. The Labute approximate surface area is 112 Å². The van der Waals surface area contributed by atoms with Gasteiger partial charge in [0.2, 0.25) is 5.91 Å². The van der Waals surface area contributed by atoms with Gasteiger partial charge >= 0.3 is 5.97 Å². The third-order valence-corrected chi connectivity index (χ3v) is 3.84. The molecule has 0 spiro atoms. The van der Waals surface area contributed by atoms with Gasteiger partial charge in [-0.15, -0.1) is 0 Å². The van der Waals surface area contributed by atoms with Crippen molar-refractivity contribution in [1.29, 1.82) is 0 Å². The average molecular weight is 261 g/mol. The summed E-state index contributed by atoms with van der Waals surface area (Å²) in [5.74, 6) is -0.910. The molecule has 0 radical (unpaired) electrons. The molecule has 2 N–H and O–H groups in total.